The first kappa shape index (κ1) is 17.5. The molecule has 7 heteroatoms. The minimum atomic E-state index is 0. The number of piperidine rings is 1. The van der Waals surface area contributed by atoms with E-state index in [2.05, 4.69) is 15.6 Å². The fraction of sp³-hybridized carbons (Fsp3) is 0.529. The van der Waals surface area contributed by atoms with E-state index < -0.39 is 0 Å². The first-order valence-corrected chi connectivity index (χ1v) is 8.90. The Hall–Kier alpha value is -1.37. The number of thiazole rings is 1. The smallest absolute Gasteiger partial charge is 0.228 e. The van der Waals surface area contributed by atoms with E-state index in [0.29, 0.717) is 5.75 Å². The van der Waals surface area contributed by atoms with Gasteiger partial charge in [0.2, 0.25) is 5.91 Å². The summed E-state index contributed by atoms with van der Waals surface area (Å²) in [6.45, 7) is 4.04. The molecule has 130 valence electrons. The molecule has 1 aliphatic heterocycles. The van der Waals surface area contributed by atoms with E-state index in [9.17, 15) is 4.79 Å². The van der Waals surface area contributed by atoms with E-state index in [0.717, 1.165) is 53.3 Å². The Labute approximate surface area is 151 Å². The van der Waals surface area contributed by atoms with E-state index in [-0.39, 0.29) is 29.6 Å². The van der Waals surface area contributed by atoms with Gasteiger partial charge in [-0.05, 0) is 50.8 Å². The second-order valence-corrected chi connectivity index (χ2v) is 7.85. The second-order valence-electron chi connectivity index (χ2n) is 6.61. The van der Waals surface area contributed by atoms with Crippen LogP contribution in [0.2, 0.25) is 0 Å². The Morgan fingerprint density at radius 2 is 2.17 bits per heavy atom. The number of fused-ring (bicyclic) bond motifs is 1. The number of rotatable bonds is 3. The largest absolute Gasteiger partial charge is 0.494 e. The summed E-state index contributed by atoms with van der Waals surface area (Å²) >= 11 is 1.63. The van der Waals surface area contributed by atoms with E-state index >= 15 is 0 Å². The van der Waals surface area contributed by atoms with E-state index in [1.165, 1.54) is 0 Å². The molecular weight excluding hydrogens is 346 g/mol. The van der Waals surface area contributed by atoms with Gasteiger partial charge >= 0.3 is 0 Å². The molecule has 2 fully saturated rings. The highest BCUT2D eigenvalue weighted by atomic mass is 35.5. The first-order chi connectivity index (χ1) is 11.1. The van der Waals surface area contributed by atoms with Crippen molar-refractivity contribution in [2.45, 2.75) is 26.2 Å². The topological polar surface area (TPSA) is 63.2 Å². The third-order valence-electron chi connectivity index (χ3n) is 5.18. The summed E-state index contributed by atoms with van der Waals surface area (Å²) in [5.41, 5.74) is 1.92. The third kappa shape index (κ3) is 2.98. The lowest BCUT2D eigenvalue weighted by atomic mass is 9.92. The average Bonchev–Trinajstić information content (AvgIpc) is 3.10. The molecule has 2 aliphatic rings. The summed E-state index contributed by atoms with van der Waals surface area (Å²) in [7, 11) is 1.63. The van der Waals surface area contributed by atoms with Gasteiger partial charge in [0, 0.05) is 12.0 Å². The maximum absolute atomic E-state index is 12.7. The monoisotopic (exact) mass is 367 g/mol. The number of hydrogen-bond donors (Lipinski definition) is 2. The predicted octanol–water partition coefficient (Wildman–Crippen LogP) is 3.36. The number of halogens is 1. The summed E-state index contributed by atoms with van der Waals surface area (Å²) in [4.78, 5) is 17.1. The van der Waals surface area contributed by atoms with Gasteiger partial charge in [-0.15, -0.1) is 23.7 Å². The lowest BCUT2D eigenvalue weighted by Gasteiger charge is -2.23. The maximum Gasteiger partial charge on any atom is 0.228 e. The summed E-state index contributed by atoms with van der Waals surface area (Å²) in [6.07, 6.45) is 3.23. The molecule has 1 unspecified atom stereocenters. The molecule has 1 saturated heterocycles. The molecule has 1 aliphatic carbocycles. The highest BCUT2D eigenvalue weighted by molar-refractivity contribution is 7.18. The summed E-state index contributed by atoms with van der Waals surface area (Å²) < 4.78 is 6.52. The molecule has 1 aromatic carbocycles. The number of methoxy groups -OCH3 is 1. The van der Waals surface area contributed by atoms with Crippen molar-refractivity contribution in [2.24, 2.45) is 11.3 Å². The van der Waals surface area contributed by atoms with Gasteiger partial charge in [0.15, 0.2) is 0 Å². The molecule has 1 atom stereocenters. The van der Waals surface area contributed by atoms with Gasteiger partial charge in [0.25, 0.3) is 0 Å². The Morgan fingerprint density at radius 3 is 2.88 bits per heavy atom. The van der Waals surface area contributed by atoms with E-state index in [4.69, 9.17) is 4.74 Å². The zero-order valence-corrected chi connectivity index (χ0v) is 15.5. The van der Waals surface area contributed by atoms with Crippen LogP contribution in [0.4, 0.5) is 5.69 Å². The van der Waals surface area contributed by atoms with Crippen molar-refractivity contribution in [3.05, 3.63) is 17.1 Å². The van der Waals surface area contributed by atoms with Crippen LogP contribution < -0.4 is 15.4 Å². The molecule has 1 saturated carbocycles. The lowest BCUT2D eigenvalue weighted by molar-refractivity contribution is -0.118. The zero-order chi connectivity index (χ0) is 16.0. The minimum Gasteiger partial charge on any atom is -0.494 e. The van der Waals surface area contributed by atoms with Gasteiger partial charge in [-0.2, -0.15) is 0 Å². The number of nitrogens with zero attached hydrogens (tertiary/aromatic N) is 1. The molecule has 0 bridgehead atoms. The normalized spacial score (nSPS) is 21.3. The van der Waals surface area contributed by atoms with Gasteiger partial charge in [-0.25, -0.2) is 4.98 Å². The maximum atomic E-state index is 12.7. The SMILES string of the molecule is COc1cc2nc(C)sc2cc1NC(=O)C1CC12CCNCC2.Cl. The number of hydrogen-bond acceptors (Lipinski definition) is 5. The predicted molar refractivity (Wildman–Crippen MR) is 99.4 cm³/mol. The molecule has 2 aromatic rings. The fourth-order valence-electron chi connectivity index (χ4n) is 3.75. The average molecular weight is 368 g/mol. The van der Waals surface area contributed by atoms with E-state index in [1.54, 1.807) is 18.4 Å². The van der Waals surface area contributed by atoms with Crippen LogP contribution in [0.3, 0.4) is 0 Å². The van der Waals surface area contributed by atoms with Gasteiger partial charge in [0.05, 0.1) is 28.0 Å². The number of aromatic nitrogens is 1. The Morgan fingerprint density at radius 1 is 1.42 bits per heavy atom. The van der Waals surface area contributed by atoms with Crippen molar-refractivity contribution < 1.29 is 9.53 Å². The summed E-state index contributed by atoms with van der Waals surface area (Å²) in [5, 5.41) is 7.48. The van der Waals surface area contributed by atoms with Crippen LogP contribution >= 0.6 is 23.7 Å². The number of carbonyl (C=O) groups excluding carboxylic acids is 1. The Bertz CT molecular complexity index is 771. The van der Waals surface area contributed by atoms with Crippen LogP contribution in [0.5, 0.6) is 5.75 Å². The van der Waals surface area contributed by atoms with Crippen LogP contribution in [0.1, 0.15) is 24.3 Å². The minimum absolute atomic E-state index is 0. The third-order valence-corrected chi connectivity index (χ3v) is 6.11. The highest BCUT2D eigenvalue weighted by Crippen LogP contribution is 2.59. The number of benzene rings is 1. The molecule has 2 N–H and O–H groups in total. The molecular formula is C17H22ClN3O2S. The van der Waals surface area contributed by atoms with Crippen LogP contribution in [0, 0.1) is 18.3 Å². The molecule has 1 spiro atoms. The molecule has 1 amide bonds. The number of amides is 1. The molecule has 4 rings (SSSR count). The van der Waals surface area contributed by atoms with Crippen molar-refractivity contribution in [2.75, 3.05) is 25.5 Å². The van der Waals surface area contributed by atoms with E-state index in [1.807, 2.05) is 19.1 Å². The first-order valence-electron chi connectivity index (χ1n) is 8.08. The summed E-state index contributed by atoms with van der Waals surface area (Å²) in [5.74, 6) is 0.954. The number of anilines is 1. The number of nitrogens with one attached hydrogen (secondary N) is 2. The zero-order valence-electron chi connectivity index (χ0n) is 13.8. The highest BCUT2D eigenvalue weighted by Gasteiger charge is 2.57. The fourth-order valence-corrected chi connectivity index (χ4v) is 4.60. The number of ether oxygens (including phenoxy) is 1. The standard InChI is InChI=1S/C17H21N3O2S.ClH/c1-10-19-13-7-14(22-2)12(8-15(13)23-10)20-16(21)11-9-17(11)3-5-18-6-4-17;/h7-8,11,18H,3-6,9H2,1-2H3,(H,20,21);1H. The molecule has 24 heavy (non-hydrogen) atoms. The van der Waals surface area contributed by atoms with Crippen molar-refractivity contribution in [3.8, 4) is 5.75 Å². The van der Waals surface area contributed by atoms with Gasteiger partial charge < -0.3 is 15.4 Å². The summed E-state index contributed by atoms with van der Waals surface area (Å²) in [6, 6.07) is 3.88. The number of aryl methyl sites for hydroxylation is 1. The van der Waals surface area contributed by atoms with Crippen molar-refractivity contribution in [3.63, 3.8) is 0 Å². The van der Waals surface area contributed by atoms with Crippen LogP contribution in [-0.4, -0.2) is 31.1 Å². The molecule has 0 radical (unpaired) electrons. The molecule has 1 aromatic heterocycles. The molecule has 5 nitrogen and oxygen atoms in total. The van der Waals surface area contributed by atoms with Crippen LogP contribution in [0.15, 0.2) is 12.1 Å². The van der Waals surface area contributed by atoms with Gasteiger partial charge in [-0.3, -0.25) is 4.79 Å². The Kier molecular flexibility index (Phi) is 4.73. The van der Waals surface area contributed by atoms with Gasteiger partial charge in [-0.1, -0.05) is 0 Å². The van der Waals surface area contributed by atoms with Crippen molar-refractivity contribution in [1.29, 1.82) is 0 Å². The lowest BCUT2D eigenvalue weighted by Crippen LogP contribution is -2.31. The quantitative estimate of drug-likeness (QED) is 0.873. The Balaban J connectivity index is 0.00000169. The van der Waals surface area contributed by atoms with Crippen molar-refractivity contribution >= 4 is 45.6 Å². The van der Waals surface area contributed by atoms with Crippen LogP contribution in [0.25, 0.3) is 10.2 Å². The van der Waals surface area contributed by atoms with Crippen LogP contribution in [-0.2, 0) is 4.79 Å². The van der Waals surface area contributed by atoms with Gasteiger partial charge in [0.1, 0.15) is 5.75 Å². The number of carbonyl (C=O) groups is 1. The van der Waals surface area contributed by atoms with Crippen molar-refractivity contribution in [1.82, 2.24) is 10.3 Å². The second kappa shape index (κ2) is 6.50. The molecule has 2 heterocycles.